The predicted octanol–water partition coefficient (Wildman–Crippen LogP) is 4.26. The number of nitrogens with two attached hydrogens (primary N) is 1. The van der Waals surface area contributed by atoms with Gasteiger partial charge in [0.2, 0.25) is 5.88 Å². The summed E-state index contributed by atoms with van der Waals surface area (Å²) in [5.74, 6) is 0.828. The molecule has 0 spiro atoms. The van der Waals surface area contributed by atoms with Gasteiger partial charge in [0.1, 0.15) is 17.8 Å². The van der Waals surface area contributed by atoms with Crippen molar-refractivity contribution >= 4 is 16.9 Å². The van der Waals surface area contributed by atoms with Gasteiger partial charge in [-0.05, 0) is 24.3 Å². The zero-order valence-corrected chi connectivity index (χ0v) is 17.6. The van der Waals surface area contributed by atoms with Crippen LogP contribution in [0.2, 0.25) is 0 Å². The first-order chi connectivity index (χ1) is 16.0. The van der Waals surface area contributed by atoms with Gasteiger partial charge in [0, 0.05) is 40.8 Å². The minimum atomic E-state index is -2.50. The number of pyridine rings is 1. The van der Waals surface area contributed by atoms with Gasteiger partial charge in [0.25, 0.3) is 6.43 Å². The van der Waals surface area contributed by atoms with Crippen molar-refractivity contribution in [3.63, 3.8) is 0 Å². The molecule has 0 radical (unpaired) electrons. The Morgan fingerprint density at radius 3 is 2.61 bits per heavy atom. The Kier molecular flexibility index (Phi) is 5.17. The van der Waals surface area contributed by atoms with Gasteiger partial charge in [-0.15, -0.1) is 0 Å². The van der Waals surface area contributed by atoms with E-state index in [0.29, 0.717) is 35.0 Å². The summed E-state index contributed by atoms with van der Waals surface area (Å²) in [7, 11) is 1.56. The molecular formula is C23H19F2N7O. The number of anilines is 1. The highest BCUT2D eigenvalue weighted by atomic mass is 19.3. The van der Waals surface area contributed by atoms with Gasteiger partial charge in [-0.2, -0.15) is 5.10 Å². The topological polar surface area (TPSA) is 96.7 Å². The first kappa shape index (κ1) is 20.6. The maximum absolute atomic E-state index is 12.8. The second-order valence-electron chi connectivity index (χ2n) is 7.37. The Balaban J connectivity index is 1.52. The summed E-state index contributed by atoms with van der Waals surface area (Å²) >= 11 is 0. The summed E-state index contributed by atoms with van der Waals surface area (Å²) in [4.78, 5) is 12.9. The molecule has 0 aliphatic carbocycles. The fourth-order valence-corrected chi connectivity index (χ4v) is 3.78. The van der Waals surface area contributed by atoms with Gasteiger partial charge in [-0.25, -0.2) is 28.4 Å². The smallest absolute Gasteiger partial charge is 0.263 e. The van der Waals surface area contributed by atoms with Crippen LogP contribution in [-0.4, -0.2) is 36.4 Å². The highest BCUT2D eigenvalue weighted by Crippen LogP contribution is 2.36. The maximum atomic E-state index is 12.8. The van der Waals surface area contributed by atoms with E-state index in [9.17, 15) is 8.78 Å². The molecule has 1 aromatic carbocycles. The summed E-state index contributed by atoms with van der Waals surface area (Å²) in [5.41, 5.74) is 10.0. The zero-order chi connectivity index (χ0) is 22.9. The van der Waals surface area contributed by atoms with E-state index in [1.807, 2.05) is 29.1 Å². The number of alkyl halides is 2. The minimum Gasteiger partial charge on any atom is -0.481 e. The first-order valence-corrected chi connectivity index (χ1v) is 10.1. The lowest BCUT2D eigenvalue weighted by Gasteiger charge is -2.06. The van der Waals surface area contributed by atoms with E-state index in [4.69, 9.17) is 10.5 Å². The summed E-state index contributed by atoms with van der Waals surface area (Å²) in [5, 5.41) is 5.08. The number of aromatic nitrogens is 6. The quantitative estimate of drug-likeness (QED) is 0.418. The van der Waals surface area contributed by atoms with E-state index in [-0.39, 0.29) is 5.56 Å². The van der Waals surface area contributed by atoms with Gasteiger partial charge < -0.3 is 15.0 Å². The molecule has 0 aliphatic rings. The highest BCUT2D eigenvalue weighted by Gasteiger charge is 2.19. The Morgan fingerprint density at radius 2 is 1.85 bits per heavy atom. The van der Waals surface area contributed by atoms with Gasteiger partial charge >= 0.3 is 0 Å². The number of hydrogen-bond acceptors (Lipinski definition) is 6. The summed E-state index contributed by atoms with van der Waals surface area (Å²) < 4.78 is 34.7. The molecular weight excluding hydrogens is 428 g/mol. The van der Waals surface area contributed by atoms with Crippen molar-refractivity contribution in [1.29, 1.82) is 0 Å². The van der Waals surface area contributed by atoms with Crippen LogP contribution >= 0.6 is 0 Å². The van der Waals surface area contributed by atoms with Crippen molar-refractivity contribution in [1.82, 2.24) is 29.3 Å². The second-order valence-corrected chi connectivity index (χ2v) is 7.37. The lowest BCUT2D eigenvalue weighted by molar-refractivity contribution is 0.151. The molecule has 33 heavy (non-hydrogen) atoms. The van der Waals surface area contributed by atoms with Crippen LogP contribution in [0.3, 0.4) is 0 Å². The van der Waals surface area contributed by atoms with Crippen LogP contribution < -0.4 is 10.5 Å². The van der Waals surface area contributed by atoms with Crippen LogP contribution in [0.5, 0.6) is 5.88 Å². The van der Waals surface area contributed by atoms with E-state index in [0.717, 1.165) is 16.7 Å². The van der Waals surface area contributed by atoms with Crippen LogP contribution in [0.25, 0.3) is 27.8 Å². The fourth-order valence-electron chi connectivity index (χ4n) is 3.78. The van der Waals surface area contributed by atoms with Crippen LogP contribution in [0.1, 0.15) is 17.6 Å². The molecule has 0 bridgehead atoms. The van der Waals surface area contributed by atoms with Crippen molar-refractivity contribution in [3.8, 4) is 22.7 Å². The van der Waals surface area contributed by atoms with Gasteiger partial charge in [-0.3, -0.25) is 0 Å². The van der Waals surface area contributed by atoms with Crippen LogP contribution in [0.4, 0.5) is 14.6 Å². The average Bonchev–Trinajstić information content (AvgIpc) is 3.45. The zero-order valence-electron chi connectivity index (χ0n) is 17.6. The summed E-state index contributed by atoms with van der Waals surface area (Å²) in [6.07, 6.45) is 6.08. The Hall–Kier alpha value is -4.34. The lowest BCUT2D eigenvalue weighted by atomic mass is 10.1. The first-order valence-electron chi connectivity index (χ1n) is 10.1. The van der Waals surface area contributed by atoms with Crippen molar-refractivity contribution < 1.29 is 13.5 Å². The number of halogens is 2. The number of rotatable bonds is 6. The maximum Gasteiger partial charge on any atom is 0.263 e. The molecule has 0 saturated carbocycles. The number of ether oxygens (including phenoxy) is 1. The number of hydrogen-bond donors (Lipinski definition) is 1. The normalized spacial score (nSPS) is 11.4. The molecule has 5 rings (SSSR count). The molecule has 4 aromatic heterocycles. The third kappa shape index (κ3) is 3.75. The lowest BCUT2D eigenvalue weighted by Crippen LogP contribution is -2.00. The molecule has 4 heterocycles. The summed E-state index contributed by atoms with van der Waals surface area (Å²) in [6, 6.07) is 9.75. The highest BCUT2D eigenvalue weighted by molar-refractivity contribution is 6.01. The Labute approximate surface area is 187 Å². The second kappa shape index (κ2) is 8.30. The SMILES string of the molecule is COc1ncccc1-c1cn(Cc2cnn(-c3ccc(C(F)F)cc3)c2)c2ncnc(N)c12. The summed E-state index contributed by atoms with van der Waals surface area (Å²) in [6.45, 7) is 0.463. The van der Waals surface area contributed by atoms with Crippen molar-refractivity contribution in [3.05, 3.63) is 78.6 Å². The predicted molar refractivity (Wildman–Crippen MR) is 119 cm³/mol. The van der Waals surface area contributed by atoms with E-state index in [2.05, 4.69) is 20.1 Å². The molecule has 2 N–H and O–H groups in total. The van der Waals surface area contributed by atoms with Gasteiger partial charge in [-0.1, -0.05) is 12.1 Å². The molecule has 0 aliphatic heterocycles. The standard InChI is InChI=1S/C23H19F2N7O/c1-33-23-17(3-2-8-27-23)18-12-31(22-19(18)21(26)28-13-29-22)10-14-9-30-32(11-14)16-6-4-15(5-7-16)20(24)25/h2-9,11-13,20H,10H2,1H3,(H2,26,28,29). The molecule has 10 heteroatoms. The van der Waals surface area contributed by atoms with Gasteiger partial charge in [0.05, 0.1) is 30.9 Å². The Bertz CT molecular complexity index is 1430. The molecule has 8 nitrogen and oxygen atoms in total. The molecule has 0 unspecified atom stereocenters. The third-order valence-electron chi connectivity index (χ3n) is 5.34. The molecule has 0 atom stereocenters. The molecule has 0 amide bonds. The van der Waals surface area contributed by atoms with Gasteiger partial charge in [0.15, 0.2) is 0 Å². The number of methoxy groups -OCH3 is 1. The number of nitrogen functional groups attached to an aromatic ring is 1. The molecule has 0 saturated heterocycles. The molecule has 5 aromatic rings. The van der Waals surface area contributed by atoms with E-state index < -0.39 is 6.43 Å². The Morgan fingerprint density at radius 1 is 1.03 bits per heavy atom. The van der Waals surface area contributed by atoms with Crippen molar-refractivity contribution in [2.75, 3.05) is 12.8 Å². The minimum absolute atomic E-state index is 0.0272. The number of fused-ring (bicyclic) bond motifs is 1. The van der Waals surface area contributed by atoms with Crippen LogP contribution in [0.15, 0.2) is 67.5 Å². The molecule has 0 fully saturated rings. The monoisotopic (exact) mass is 447 g/mol. The third-order valence-corrected chi connectivity index (χ3v) is 5.34. The average molecular weight is 447 g/mol. The van der Waals surface area contributed by atoms with Crippen LogP contribution in [0, 0.1) is 0 Å². The fraction of sp³-hybridized carbons (Fsp3) is 0.130. The van der Waals surface area contributed by atoms with E-state index >= 15 is 0 Å². The van der Waals surface area contributed by atoms with Crippen LogP contribution in [-0.2, 0) is 6.54 Å². The molecule has 166 valence electrons. The van der Waals surface area contributed by atoms with E-state index in [1.165, 1.54) is 18.5 Å². The number of benzene rings is 1. The number of nitrogens with zero attached hydrogens (tertiary/aromatic N) is 6. The van der Waals surface area contributed by atoms with E-state index in [1.54, 1.807) is 36.3 Å². The largest absolute Gasteiger partial charge is 0.481 e. The van der Waals surface area contributed by atoms with Crippen molar-refractivity contribution in [2.45, 2.75) is 13.0 Å². The van der Waals surface area contributed by atoms with Crippen molar-refractivity contribution in [2.24, 2.45) is 0 Å².